The predicted octanol–water partition coefficient (Wildman–Crippen LogP) is 1.27. The van der Waals surface area contributed by atoms with Gasteiger partial charge < -0.3 is 5.11 Å². The summed E-state index contributed by atoms with van der Waals surface area (Å²) >= 11 is 1.70. The fourth-order valence-corrected chi connectivity index (χ4v) is 4.43. The molecule has 0 aliphatic heterocycles. The van der Waals surface area contributed by atoms with E-state index in [4.69, 9.17) is 5.11 Å². The molecular weight excluding hydrogens is 284 g/mol. The molecule has 0 fully saturated rings. The normalized spacial score (nSPS) is 19.6. The Bertz CT molecular complexity index is 513. The van der Waals surface area contributed by atoms with Crippen LogP contribution in [0.3, 0.4) is 0 Å². The van der Waals surface area contributed by atoms with E-state index in [1.165, 1.54) is 16.2 Å². The maximum atomic E-state index is 12.2. The Hall–Kier alpha value is -0.470. The highest BCUT2D eigenvalue weighted by Crippen LogP contribution is 2.33. The zero-order chi connectivity index (χ0) is 13.9. The smallest absolute Gasteiger partial charge is 0.279 e. The first-order valence-electron chi connectivity index (χ1n) is 6.45. The van der Waals surface area contributed by atoms with Crippen LogP contribution in [0.15, 0.2) is 11.4 Å². The zero-order valence-electron chi connectivity index (χ0n) is 11.0. The van der Waals surface area contributed by atoms with Gasteiger partial charge in [-0.1, -0.05) is 0 Å². The van der Waals surface area contributed by atoms with Crippen LogP contribution in [0.4, 0.5) is 0 Å². The average molecular weight is 304 g/mol. The van der Waals surface area contributed by atoms with Crippen molar-refractivity contribution in [2.24, 2.45) is 0 Å². The van der Waals surface area contributed by atoms with Gasteiger partial charge in [0.25, 0.3) is 10.2 Å². The van der Waals surface area contributed by atoms with E-state index in [1.807, 2.05) is 11.4 Å². The summed E-state index contributed by atoms with van der Waals surface area (Å²) in [5.41, 5.74) is 1.12. The van der Waals surface area contributed by atoms with Gasteiger partial charge in [0.1, 0.15) is 0 Å². The average Bonchev–Trinajstić information content (AvgIpc) is 2.84. The van der Waals surface area contributed by atoms with E-state index in [0.29, 0.717) is 13.0 Å². The summed E-state index contributed by atoms with van der Waals surface area (Å²) in [6, 6.07) is 1.90. The molecule has 0 saturated carbocycles. The van der Waals surface area contributed by atoms with Gasteiger partial charge in [0.05, 0.1) is 0 Å². The van der Waals surface area contributed by atoms with Gasteiger partial charge in [-0.15, -0.1) is 11.3 Å². The molecule has 0 aromatic carbocycles. The summed E-state index contributed by atoms with van der Waals surface area (Å²) in [5, 5.41) is 10.8. The molecule has 0 radical (unpaired) electrons. The first-order valence-corrected chi connectivity index (χ1v) is 8.77. The van der Waals surface area contributed by atoms with Crippen LogP contribution in [0.2, 0.25) is 0 Å². The van der Waals surface area contributed by atoms with Crippen molar-refractivity contribution >= 4 is 21.5 Å². The van der Waals surface area contributed by atoms with Crippen LogP contribution in [0.5, 0.6) is 0 Å². The lowest BCUT2D eigenvalue weighted by Gasteiger charge is -2.26. The Morgan fingerprint density at radius 3 is 3.11 bits per heavy atom. The van der Waals surface area contributed by atoms with Crippen LogP contribution in [-0.2, 0) is 16.6 Å². The fourth-order valence-electron chi connectivity index (χ4n) is 2.29. The molecular formula is C12H20N2O3S2. The lowest BCUT2D eigenvalue weighted by atomic mass is 9.95. The Morgan fingerprint density at radius 2 is 2.37 bits per heavy atom. The Labute approximate surface area is 118 Å². The second kappa shape index (κ2) is 6.32. The third-order valence-electron chi connectivity index (χ3n) is 3.38. The number of aliphatic hydroxyl groups is 1. The predicted molar refractivity (Wildman–Crippen MR) is 76.4 cm³/mol. The summed E-state index contributed by atoms with van der Waals surface area (Å²) in [5.74, 6) is 0. The van der Waals surface area contributed by atoms with Crippen LogP contribution in [0.25, 0.3) is 0 Å². The monoisotopic (exact) mass is 304 g/mol. The van der Waals surface area contributed by atoms with Crippen LogP contribution < -0.4 is 4.72 Å². The van der Waals surface area contributed by atoms with Gasteiger partial charge in [0.2, 0.25) is 0 Å². The van der Waals surface area contributed by atoms with Crippen molar-refractivity contribution in [2.45, 2.75) is 31.7 Å². The number of aliphatic hydroxyl groups excluding tert-OH is 1. The molecule has 19 heavy (non-hydrogen) atoms. The molecule has 1 aliphatic rings. The molecule has 0 bridgehead atoms. The van der Waals surface area contributed by atoms with Crippen molar-refractivity contribution in [3.63, 3.8) is 0 Å². The zero-order valence-corrected chi connectivity index (χ0v) is 12.6. The lowest BCUT2D eigenvalue weighted by Crippen LogP contribution is -2.41. The van der Waals surface area contributed by atoms with Crippen molar-refractivity contribution in [2.75, 3.05) is 20.2 Å². The topological polar surface area (TPSA) is 69.6 Å². The number of thiophene rings is 1. The standard InChI is InChI=1S/C12H20N2O3S2/c1-14(7-3-8-15)19(16,17)13-11-4-2-5-12-10(11)6-9-18-12/h6,9,11,13,15H,2-5,7-8H2,1H3. The van der Waals surface area contributed by atoms with Crippen LogP contribution in [0, 0.1) is 0 Å². The third kappa shape index (κ3) is 3.55. The third-order valence-corrected chi connectivity index (χ3v) is 5.97. The minimum atomic E-state index is -3.48. The van der Waals surface area contributed by atoms with Crippen molar-refractivity contribution in [1.82, 2.24) is 9.03 Å². The Morgan fingerprint density at radius 1 is 1.58 bits per heavy atom. The molecule has 1 heterocycles. The second-order valence-corrected chi connectivity index (χ2v) is 7.58. The number of hydrogen-bond acceptors (Lipinski definition) is 4. The first-order chi connectivity index (χ1) is 9.04. The number of hydrogen-bond donors (Lipinski definition) is 2. The summed E-state index contributed by atoms with van der Waals surface area (Å²) in [7, 11) is -1.94. The van der Waals surface area contributed by atoms with E-state index >= 15 is 0 Å². The van der Waals surface area contributed by atoms with Crippen LogP contribution in [0.1, 0.15) is 35.7 Å². The number of nitrogens with zero attached hydrogens (tertiary/aromatic N) is 1. The molecule has 1 aliphatic carbocycles. The molecule has 0 spiro atoms. The van der Waals surface area contributed by atoms with E-state index in [0.717, 1.165) is 24.8 Å². The molecule has 1 aromatic heterocycles. The molecule has 108 valence electrons. The number of nitrogens with one attached hydrogen (secondary N) is 1. The minimum Gasteiger partial charge on any atom is -0.396 e. The van der Waals surface area contributed by atoms with Crippen molar-refractivity contribution in [3.8, 4) is 0 Å². The first kappa shape index (κ1) is 14.9. The molecule has 5 nitrogen and oxygen atoms in total. The molecule has 1 atom stereocenters. The van der Waals surface area contributed by atoms with E-state index in [9.17, 15) is 8.42 Å². The lowest BCUT2D eigenvalue weighted by molar-refractivity contribution is 0.275. The molecule has 0 amide bonds. The SMILES string of the molecule is CN(CCCO)S(=O)(=O)NC1CCCc2sccc21. The van der Waals surface area contributed by atoms with Crippen LogP contribution in [-0.4, -0.2) is 38.0 Å². The quantitative estimate of drug-likeness (QED) is 0.831. The summed E-state index contributed by atoms with van der Waals surface area (Å²) < 4.78 is 28.4. The maximum absolute atomic E-state index is 12.2. The summed E-state index contributed by atoms with van der Waals surface area (Å²) in [4.78, 5) is 1.29. The van der Waals surface area contributed by atoms with Crippen molar-refractivity contribution < 1.29 is 13.5 Å². The molecule has 1 aromatic rings. The van der Waals surface area contributed by atoms with Gasteiger partial charge >= 0.3 is 0 Å². The highest BCUT2D eigenvalue weighted by molar-refractivity contribution is 7.87. The second-order valence-electron chi connectivity index (χ2n) is 4.77. The molecule has 2 rings (SSSR count). The molecule has 1 unspecified atom stereocenters. The molecule has 2 N–H and O–H groups in total. The van der Waals surface area contributed by atoms with Crippen LogP contribution >= 0.6 is 11.3 Å². The van der Waals surface area contributed by atoms with Gasteiger partial charge in [-0.3, -0.25) is 0 Å². The van der Waals surface area contributed by atoms with Gasteiger partial charge in [-0.05, 0) is 42.7 Å². The highest BCUT2D eigenvalue weighted by atomic mass is 32.2. The number of rotatable bonds is 6. The van der Waals surface area contributed by atoms with Crippen molar-refractivity contribution in [3.05, 3.63) is 21.9 Å². The van der Waals surface area contributed by atoms with Gasteiger partial charge in [-0.2, -0.15) is 17.4 Å². The largest absolute Gasteiger partial charge is 0.396 e. The molecule has 7 heteroatoms. The minimum absolute atomic E-state index is 0.00202. The Balaban J connectivity index is 2.05. The fraction of sp³-hybridized carbons (Fsp3) is 0.667. The van der Waals surface area contributed by atoms with Gasteiger partial charge in [0.15, 0.2) is 0 Å². The van der Waals surface area contributed by atoms with E-state index in [1.54, 1.807) is 11.3 Å². The van der Waals surface area contributed by atoms with Gasteiger partial charge in [0, 0.05) is 31.1 Å². The highest BCUT2D eigenvalue weighted by Gasteiger charge is 2.27. The van der Waals surface area contributed by atoms with Crippen molar-refractivity contribution in [1.29, 1.82) is 0 Å². The summed E-state index contributed by atoms with van der Waals surface area (Å²) in [6.45, 7) is 0.326. The number of fused-ring (bicyclic) bond motifs is 1. The van der Waals surface area contributed by atoms with E-state index < -0.39 is 10.2 Å². The maximum Gasteiger partial charge on any atom is 0.279 e. The van der Waals surface area contributed by atoms with E-state index in [-0.39, 0.29) is 12.6 Å². The number of aryl methyl sites for hydroxylation is 1. The van der Waals surface area contributed by atoms with Gasteiger partial charge in [-0.25, -0.2) is 0 Å². The Kier molecular flexibility index (Phi) is 4.97. The van der Waals surface area contributed by atoms with E-state index in [2.05, 4.69) is 4.72 Å². The molecule has 0 saturated heterocycles. The summed E-state index contributed by atoms with van der Waals surface area (Å²) in [6.07, 6.45) is 3.36.